The van der Waals surface area contributed by atoms with E-state index in [1.165, 1.54) is 18.4 Å². The molecule has 3 fully saturated rings. The van der Waals surface area contributed by atoms with Crippen molar-refractivity contribution in [2.24, 2.45) is 5.92 Å². The molecule has 4 rings (SSSR count). The van der Waals surface area contributed by atoms with Gasteiger partial charge in [0.1, 0.15) is 5.60 Å². The van der Waals surface area contributed by atoms with Gasteiger partial charge in [-0.15, -0.1) is 0 Å². The number of morpholine rings is 1. The fourth-order valence-electron chi connectivity index (χ4n) is 4.41. The summed E-state index contributed by atoms with van der Waals surface area (Å²) in [6, 6.07) is 10.8. The molecule has 2 heterocycles. The zero-order valence-electron chi connectivity index (χ0n) is 15.3. The molecule has 1 aromatic carbocycles. The Balaban J connectivity index is 1.28. The first-order valence-corrected chi connectivity index (χ1v) is 9.94. The summed E-state index contributed by atoms with van der Waals surface area (Å²) in [7, 11) is 0. The van der Waals surface area contributed by atoms with E-state index >= 15 is 0 Å². The summed E-state index contributed by atoms with van der Waals surface area (Å²) in [6.07, 6.45) is 5.62. The molecule has 1 saturated carbocycles. The molecule has 3 aliphatic rings. The number of ether oxygens (including phenoxy) is 1. The van der Waals surface area contributed by atoms with E-state index in [1.54, 1.807) is 0 Å². The van der Waals surface area contributed by atoms with Crippen molar-refractivity contribution in [1.29, 1.82) is 0 Å². The Morgan fingerprint density at radius 2 is 1.88 bits per heavy atom. The largest absolute Gasteiger partial charge is 0.360 e. The SMILES string of the molecule is CCN1CC(C2CCN(CCc3ccccc3)CC2)OC2(CC2)C1=O. The highest BCUT2D eigenvalue weighted by Crippen LogP contribution is 2.46. The number of nitrogens with zero attached hydrogens (tertiary/aromatic N) is 2. The molecule has 0 aromatic heterocycles. The van der Waals surface area contributed by atoms with Crippen LogP contribution < -0.4 is 0 Å². The van der Waals surface area contributed by atoms with E-state index in [1.807, 2.05) is 4.90 Å². The van der Waals surface area contributed by atoms with E-state index in [-0.39, 0.29) is 12.0 Å². The van der Waals surface area contributed by atoms with Crippen molar-refractivity contribution in [3.05, 3.63) is 35.9 Å². The lowest BCUT2D eigenvalue weighted by atomic mass is 9.89. The van der Waals surface area contributed by atoms with Gasteiger partial charge < -0.3 is 14.5 Å². The normalized spacial score (nSPS) is 27.0. The van der Waals surface area contributed by atoms with Gasteiger partial charge in [0, 0.05) is 19.6 Å². The highest BCUT2D eigenvalue weighted by Gasteiger charge is 2.58. The van der Waals surface area contributed by atoms with Gasteiger partial charge >= 0.3 is 0 Å². The molecule has 2 aliphatic heterocycles. The van der Waals surface area contributed by atoms with Crippen molar-refractivity contribution < 1.29 is 9.53 Å². The number of carbonyl (C=O) groups is 1. The molecule has 1 amide bonds. The second-order valence-corrected chi connectivity index (χ2v) is 7.91. The van der Waals surface area contributed by atoms with Gasteiger partial charge in [-0.05, 0) is 63.6 Å². The van der Waals surface area contributed by atoms with Gasteiger partial charge in [-0.3, -0.25) is 4.79 Å². The molecular formula is C21H30N2O2. The number of carbonyl (C=O) groups excluding carboxylic acids is 1. The van der Waals surface area contributed by atoms with Gasteiger partial charge in [-0.25, -0.2) is 0 Å². The lowest BCUT2D eigenvalue weighted by Gasteiger charge is -2.43. The third-order valence-corrected chi connectivity index (χ3v) is 6.26. The van der Waals surface area contributed by atoms with Crippen LogP contribution >= 0.6 is 0 Å². The van der Waals surface area contributed by atoms with Crippen molar-refractivity contribution in [1.82, 2.24) is 9.80 Å². The third kappa shape index (κ3) is 3.61. The van der Waals surface area contributed by atoms with Gasteiger partial charge in [0.2, 0.25) is 0 Å². The summed E-state index contributed by atoms with van der Waals surface area (Å²) in [5.41, 5.74) is 0.997. The molecule has 136 valence electrons. The Bertz CT molecular complexity index is 591. The third-order valence-electron chi connectivity index (χ3n) is 6.26. The first-order valence-electron chi connectivity index (χ1n) is 9.94. The number of hydrogen-bond acceptors (Lipinski definition) is 3. The number of rotatable bonds is 5. The maximum Gasteiger partial charge on any atom is 0.254 e. The number of likely N-dealkylation sites (N-methyl/N-ethyl adjacent to an activating group) is 1. The standard InChI is InChI=1S/C21H30N2O2/c1-2-23-16-19(25-21(11-12-21)20(23)24)18-9-14-22(15-10-18)13-8-17-6-4-3-5-7-17/h3-7,18-19H,2,8-16H2,1H3. The minimum absolute atomic E-state index is 0.242. The predicted molar refractivity (Wildman–Crippen MR) is 98.4 cm³/mol. The second-order valence-electron chi connectivity index (χ2n) is 7.91. The number of benzene rings is 1. The Morgan fingerprint density at radius 3 is 2.52 bits per heavy atom. The smallest absolute Gasteiger partial charge is 0.254 e. The average Bonchev–Trinajstić information content (AvgIpc) is 3.44. The van der Waals surface area contributed by atoms with E-state index < -0.39 is 5.60 Å². The molecule has 0 bridgehead atoms. The summed E-state index contributed by atoms with van der Waals surface area (Å²) in [5.74, 6) is 0.846. The summed E-state index contributed by atoms with van der Waals surface area (Å²) in [4.78, 5) is 17.0. The highest BCUT2D eigenvalue weighted by atomic mass is 16.5. The summed E-state index contributed by atoms with van der Waals surface area (Å²) >= 11 is 0. The first-order chi connectivity index (χ1) is 12.2. The van der Waals surface area contributed by atoms with E-state index in [2.05, 4.69) is 42.2 Å². The topological polar surface area (TPSA) is 32.8 Å². The Labute approximate surface area is 151 Å². The predicted octanol–water partition coefficient (Wildman–Crippen LogP) is 2.72. The van der Waals surface area contributed by atoms with Crippen LogP contribution in [-0.2, 0) is 16.0 Å². The lowest BCUT2D eigenvalue weighted by Crippen LogP contribution is -2.56. The second kappa shape index (κ2) is 7.08. The van der Waals surface area contributed by atoms with Crippen molar-refractivity contribution in [2.75, 3.05) is 32.7 Å². The number of hydrogen-bond donors (Lipinski definition) is 0. The zero-order valence-corrected chi connectivity index (χ0v) is 15.3. The van der Waals surface area contributed by atoms with E-state index in [4.69, 9.17) is 4.74 Å². The van der Waals surface area contributed by atoms with Crippen molar-refractivity contribution in [3.8, 4) is 0 Å². The molecule has 1 aliphatic carbocycles. The minimum atomic E-state index is -0.427. The Morgan fingerprint density at radius 1 is 1.16 bits per heavy atom. The molecular weight excluding hydrogens is 312 g/mol. The summed E-state index contributed by atoms with van der Waals surface area (Å²) < 4.78 is 6.32. The van der Waals surface area contributed by atoms with Gasteiger partial charge in [-0.2, -0.15) is 0 Å². The van der Waals surface area contributed by atoms with Crippen LogP contribution in [0.15, 0.2) is 30.3 Å². The molecule has 1 unspecified atom stereocenters. The number of amides is 1. The quantitative estimate of drug-likeness (QED) is 0.825. The Kier molecular flexibility index (Phi) is 4.83. The van der Waals surface area contributed by atoms with Gasteiger partial charge in [-0.1, -0.05) is 30.3 Å². The van der Waals surface area contributed by atoms with Crippen LogP contribution in [0.3, 0.4) is 0 Å². The van der Waals surface area contributed by atoms with Crippen LogP contribution in [0.25, 0.3) is 0 Å². The lowest BCUT2D eigenvalue weighted by molar-refractivity contribution is -0.174. The molecule has 0 N–H and O–H groups in total. The average molecular weight is 342 g/mol. The van der Waals surface area contributed by atoms with Gasteiger partial charge in [0.15, 0.2) is 0 Å². The molecule has 4 nitrogen and oxygen atoms in total. The molecule has 2 saturated heterocycles. The fourth-order valence-corrected chi connectivity index (χ4v) is 4.41. The maximum absolute atomic E-state index is 12.4. The molecule has 1 aromatic rings. The Hall–Kier alpha value is -1.39. The first kappa shape index (κ1) is 17.0. The molecule has 0 radical (unpaired) electrons. The van der Waals surface area contributed by atoms with Crippen molar-refractivity contribution in [3.63, 3.8) is 0 Å². The molecule has 25 heavy (non-hydrogen) atoms. The van der Waals surface area contributed by atoms with Crippen molar-refractivity contribution >= 4 is 5.91 Å². The summed E-state index contributed by atoms with van der Waals surface area (Å²) in [5, 5.41) is 0. The number of piperidine rings is 1. The zero-order chi connectivity index (χ0) is 17.3. The van der Waals surface area contributed by atoms with Crippen molar-refractivity contribution in [2.45, 2.75) is 50.7 Å². The minimum Gasteiger partial charge on any atom is -0.360 e. The van der Waals surface area contributed by atoms with Crippen LogP contribution in [0, 0.1) is 5.92 Å². The monoisotopic (exact) mass is 342 g/mol. The van der Waals surface area contributed by atoms with E-state index in [0.717, 1.165) is 52.0 Å². The van der Waals surface area contributed by atoms with E-state index in [0.29, 0.717) is 5.92 Å². The van der Waals surface area contributed by atoms with Crippen LogP contribution in [-0.4, -0.2) is 60.1 Å². The van der Waals surface area contributed by atoms with Gasteiger partial charge in [0.05, 0.1) is 6.10 Å². The molecule has 1 atom stereocenters. The number of likely N-dealkylation sites (tertiary alicyclic amines) is 1. The highest BCUT2D eigenvalue weighted by molar-refractivity contribution is 5.88. The maximum atomic E-state index is 12.4. The van der Waals surface area contributed by atoms with Crippen LogP contribution in [0.4, 0.5) is 0 Å². The van der Waals surface area contributed by atoms with E-state index in [9.17, 15) is 4.79 Å². The summed E-state index contributed by atoms with van der Waals surface area (Å²) in [6.45, 7) is 7.16. The van der Waals surface area contributed by atoms with Gasteiger partial charge in [0.25, 0.3) is 5.91 Å². The van der Waals surface area contributed by atoms with Crippen LogP contribution in [0.2, 0.25) is 0 Å². The molecule has 1 spiro atoms. The molecule has 4 heteroatoms. The van der Waals surface area contributed by atoms with Crippen LogP contribution in [0.5, 0.6) is 0 Å². The van der Waals surface area contributed by atoms with Crippen LogP contribution in [0.1, 0.15) is 38.2 Å². The fraction of sp³-hybridized carbons (Fsp3) is 0.667.